The number of imidazole rings is 1. The van der Waals surface area contributed by atoms with Crippen molar-refractivity contribution in [3.05, 3.63) is 50.7 Å². The molecule has 0 radical (unpaired) electrons. The van der Waals surface area contributed by atoms with Crippen LogP contribution in [0.25, 0.3) is 22.4 Å². The largest absolute Gasteiger partial charge is 0.486 e. The molecule has 5 rings (SSSR count). The van der Waals surface area contributed by atoms with Crippen molar-refractivity contribution in [1.82, 2.24) is 23.7 Å². The quantitative estimate of drug-likeness (QED) is 0.444. The minimum atomic E-state index is -0.429. The number of amides is 1. The van der Waals surface area contributed by atoms with Crippen molar-refractivity contribution in [3.8, 4) is 22.8 Å². The average molecular weight is 483 g/mol. The summed E-state index contributed by atoms with van der Waals surface area (Å²) in [6, 6.07) is 5.64. The van der Waals surface area contributed by atoms with E-state index in [9.17, 15) is 14.4 Å². The van der Waals surface area contributed by atoms with Crippen LogP contribution >= 0.6 is 11.3 Å². The number of anilines is 1. The van der Waals surface area contributed by atoms with Crippen molar-refractivity contribution in [2.45, 2.75) is 19.4 Å². The second kappa shape index (κ2) is 8.78. The van der Waals surface area contributed by atoms with Crippen LogP contribution in [0.4, 0.5) is 5.13 Å². The Morgan fingerprint density at radius 2 is 1.94 bits per heavy atom. The maximum Gasteiger partial charge on any atom is 0.332 e. The number of fused-ring (bicyclic) bond motifs is 2. The monoisotopic (exact) mass is 482 g/mol. The normalized spacial score (nSPS) is 12.8. The summed E-state index contributed by atoms with van der Waals surface area (Å²) >= 11 is 1.34. The maximum atomic E-state index is 12.5. The number of nitrogens with zero attached hydrogens (tertiary/aromatic N) is 5. The lowest BCUT2D eigenvalue weighted by Crippen LogP contribution is -2.37. The van der Waals surface area contributed by atoms with Crippen molar-refractivity contribution in [1.29, 1.82) is 0 Å². The van der Waals surface area contributed by atoms with Gasteiger partial charge in [0.25, 0.3) is 5.56 Å². The van der Waals surface area contributed by atoms with Gasteiger partial charge in [0.2, 0.25) is 5.91 Å². The zero-order valence-electron chi connectivity index (χ0n) is 18.6. The molecular weight excluding hydrogens is 460 g/mol. The first-order valence-corrected chi connectivity index (χ1v) is 11.6. The minimum absolute atomic E-state index is 0.173. The molecule has 3 aromatic heterocycles. The van der Waals surface area contributed by atoms with Gasteiger partial charge in [-0.15, -0.1) is 11.3 Å². The fourth-order valence-electron chi connectivity index (χ4n) is 3.82. The van der Waals surface area contributed by atoms with Gasteiger partial charge >= 0.3 is 5.69 Å². The summed E-state index contributed by atoms with van der Waals surface area (Å²) in [5, 5.41) is 5.21. The molecule has 0 spiro atoms. The molecule has 1 aliphatic heterocycles. The molecule has 0 bridgehead atoms. The van der Waals surface area contributed by atoms with E-state index in [-0.39, 0.29) is 12.3 Å². The van der Waals surface area contributed by atoms with Gasteiger partial charge in [0, 0.05) is 38.0 Å². The molecule has 4 heterocycles. The van der Waals surface area contributed by atoms with E-state index in [4.69, 9.17) is 9.47 Å². The van der Waals surface area contributed by atoms with Crippen LogP contribution in [0, 0.1) is 0 Å². The molecule has 0 fully saturated rings. The summed E-state index contributed by atoms with van der Waals surface area (Å²) in [6.07, 6.45) is 2.25. The summed E-state index contributed by atoms with van der Waals surface area (Å²) in [5.74, 6) is 1.22. The zero-order valence-corrected chi connectivity index (χ0v) is 19.4. The Morgan fingerprint density at radius 1 is 1.15 bits per heavy atom. The third-order valence-corrected chi connectivity index (χ3v) is 6.37. The molecule has 176 valence electrons. The van der Waals surface area contributed by atoms with Crippen molar-refractivity contribution in [2.24, 2.45) is 14.1 Å². The van der Waals surface area contributed by atoms with Crippen molar-refractivity contribution in [2.75, 3.05) is 18.5 Å². The Hall–Kier alpha value is -3.93. The number of carbonyl (C=O) groups is 1. The van der Waals surface area contributed by atoms with Gasteiger partial charge in [-0.1, -0.05) is 0 Å². The molecule has 11 nitrogen and oxygen atoms in total. The maximum absolute atomic E-state index is 12.5. The highest BCUT2D eigenvalue weighted by Crippen LogP contribution is 2.35. The SMILES string of the molecule is Cn1c(=O)c2c(ncn2CCCC(=O)Nc2nc(-c3ccc4c(c3)OCCO4)cs2)n(C)c1=O. The number of rotatable bonds is 6. The molecule has 4 aromatic rings. The highest BCUT2D eigenvalue weighted by Gasteiger charge is 2.16. The van der Waals surface area contributed by atoms with Crippen LogP contribution in [-0.2, 0) is 25.4 Å². The van der Waals surface area contributed by atoms with E-state index in [0.717, 1.165) is 15.8 Å². The second-order valence-corrected chi connectivity index (χ2v) is 8.72. The van der Waals surface area contributed by atoms with E-state index in [1.165, 1.54) is 29.3 Å². The molecule has 1 amide bonds. The third kappa shape index (κ3) is 3.96. The number of aryl methyl sites for hydroxylation is 2. The first-order valence-electron chi connectivity index (χ1n) is 10.7. The van der Waals surface area contributed by atoms with Gasteiger partial charge in [-0.05, 0) is 24.6 Å². The van der Waals surface area contributed by atoms with Gasteiger partial charge in [0.15, 0.2) is 27.8 Å². The molecular formula is C22H22N6O5S. The van der Waals surface area contributed by atoms with E-state index in [1.807, 2.05) is 23.6 Å². The third-order valence-electron chi connectivity index (χ3n) is 5.61. The molecule has 0 unspecified atom stereocenters. The van der Waals surface area contributed by atoms with Crippen LogP contribution in [0.15, 0.2) is 39.5 Å². The Kier molecular flexibility index (Phi) is 5.65. The highest BCUT2D eigenvalue weighted by molar-refractivity contribution is 7.14. The molecule has 0 atom stereocenters. The molecule has 12 heteroatoms. The zero-order chi connectivity index (χ0) is 23.8. The van der Waals surface area contributed by atoms with Crippen LogP contribution in [0.1, 0.15) is 12.8 Å². The van der Waals surface area contributed by atoms with Gasteiger partial charge < -0.3 is 19.4 Å². The van der Waals surface area contributed by atoms with E-state index in [0.29, 0.717) is 54.0 Å². The van der Waals surface area contributed by atoms with Crippen LogP contribution in [0.2, 0.25) is 0 Å². The fraction of sp³-hybridized carbons (Fsp3) is 0.318. The van der Waals surface area contributed by atoms with Crippen LogP contribution in [0.3, 0.4) is 0 Å². The first kappa shape index (κ1) is 21.9. The Bertz CT molecular complexity index is 1510. The van der Waals surface area contributed by atoms with E-state index in [2.05, 4.69) is 15.3 Å². The predicted molar refractivity (Wildman–Crippen MR) is 127 cm³/mol. The lowest BCUT2D eigenvalue weighted by atomic mass is 10.1. The smallest absolute Gasteiger partial charge is 0.332 e. The number of ether oxygens (including phenoxy) is 2. The Balaban J connectivity index is 1.21. The van der Waals surface area contributed by atoms with Gasteiger partial charge in [-0.2, -0.15) is 0 Å². The molecule has 1 aliphatic rings. The topological polar surface area (TPSA) is 122 Å². The number of aromatic nitrogens is 5. The molecule has 0 aliphatic carbocycles. The first-order chi connectivity index (χ1) is 16.4. The van der Waals surface area contributed by atoms with E-state index in [1.54, 1.807) is 11.6 Å². The molecule has 0 saturated heterocycles. The Labute approximate surface area is 197 Å². The van der Waals surface area contributed by atoms with Gasteiger partial charge in [-0.3, -0.25) is 18.7 Å². The standard InChI is InChI=1S/C22H22N6O5S/c1-26-19-18(20(30)27(2)22(26)31)28(12-23-19)7-3-4-17(29)25-21-24-14(11-34-21)13-5-6-15-16(10-13)33-9-8-32-15/h5-6,10-12H,3-4,7-9H2,1-2H3,(H,24,25,29). The summed E-state index contributed by atoms with van der Waals surface area (Å²) in [5.41, 5.74) is 1.45. The summed E-state index contributed by atoms with van der Waals surface area (Å²) in [6.45, 7) is 1.46. The number of hydrogen-bond acceptors (Lipinski definition) is 8. The van der Waals surface area contributed by atoms with Crippen molar-refractivity contribution >= 4 is 33.5 Å². The summed E-state index contributed by atoms with van der Waals surface area (Å²) in [4.78, 5) is 45.7. The van der Waals surface area contributed by atoms with Crippen molar-refractivity contribution < 1.29 is 14.3 Å². The lowest BCUT2D eigenvalue weighted by Gasteiger charge is -2.18. The van der Waals surface area contributed by atoms with Crippen molar-refractivity contribution in [3.63, 3.8) is 0 Å². The predicted octanol–water partition coefficient (Wildman–Crippen LogP) is 1.75. The average Bonchev–Trinajstić information content (AvgIpc) is 3.48. The molecule has 34 heavy (non-hydrogen) atoms. The second-order valence-electron chi connectivity index (χ2n) is 7.86. The number of thiazole rings is 1. The van der Waals surface area contributed by atoms with Crippen LogP contribution in [0.5, 0.6) is 11.5 Å². The number of nitrogens with one attached hydrogen (secondary N) is 1. The number of carbonyl (C=O) groups excluding carboxylic acids is 1. The van der Waals surface area contributed by atoms with E-state index >= 15 is 0 Å². The summed E-state index contributed by atoms with van der Waals surface area (Å²) < 4.78 is 15.2. The molecule has 1 aromatic carbocycles. The summed E-state index contributed by atoms with van der Waals surface area (Å²) in [7, 11) is 3.00. The van der Waals surface area contributed by atoms with Gasteiger partial charge in [-0.25, -0.2) is 14.8 Å². The molecule has 1 N–H and O–H groups in total. The van der Waals surface area contributed by atoms with E-state index < -0.39 is 11.2 Å². The number of benzene rings is 1. The Morgan fingerprint density at radius 3 is 2.76 bits per heavy atom. The van der Waals surface area contributed by atoms with Gasteiger partial charge in [0.1, 0.15) is 13.2 Å². The molecule has 0 saturated carbocycles. The number of hydrogen-bond donors (Lipinski definition) is 1. The van der Waals surface area contributed by atoms with Gasteiger partial charge in [0.05, 0.1) is 12.0 Å². The fourth-order valence-corrected chi connectivity index (χ4v) is 4.56. The van der Waals surface area contributed by atoms with Crippen LogP contribution < -0.4 is 26.0 Å². The van der Waals surface area contributed by atoms with Crippen LogP contribution in [-0.4, -0.2) is 42.8 Å². The minimum Gasteiger partial charge on any atom is -0.486 e. The highest BCUT2D eigenvalue weighted by atomic mass is 32.1. The lowest BCUT2D eigenvalue weighted by molar-refractivity contribution is -0.116.